The van der Waals surface area contributed by atoms with Crippen molar-refractivity contribution in [1.82, 2.24) is 4.98 Å². The molecular weight excluding hydrogens is 154 g/mol. The average molecular weight is 161 g/mol. The van der Waals surface area contributed by atoms with Gasteiger partial charge < -0.3 is 5.21 Å². The Balaban J connectivity index is 3.12. The molecule has 0 aliphatic heterocycles. The fourth-order valence-corrected chi connectivity index (χ4v) is 0.825. The number of oxime groups is 1. The Bertz CT molecular complexity index is 352. The van der Waals surface area contributed by atoms with Crippen molar-refractivity contribution in [3.8, 4) is 6.07 Å². The summed E-state index contributed by atoms with van der Waals surface area (Å²) in [4.78, 5) is 3.87. The normalized spacial score (nSPS) is 10.0. The van der Waals surface area contributed by atoms with E-state index in [1.807, 2.05) is 6.07 Å². The van der Waals surface area contributed by atoms with Crippen molar-refractivity contribution < 1.29 is 5.21 Å². The molecule has 0 aliphatic rings. The average Bonchev–Trinajstić information content (AvgIpc) is 2.05. The van der Waals surface area contributed by atoms with Gasteiger partial charge in [0.25, 0.3) is 0 Å². The lowest BCUT2D eigenvalue weighted by Gasteiger charge is -1.95. The standard InChI is InChI=1S/C8H7N3O/c1-6-2-8(5-11-12)10-4-7(6)3-9/h2,4-5,12H,1H3/b11-5+. The third-order valence-electron chi connectivity index (χ3n) is 1.44. The number of pyridine rings is 1. The minimum atomic E-state index is 0.532. The third-order valence-corrected chi connectivity index (χ3v) is 1.44. The Labute approximate surface area is 69.8 Å². The van der Waals surface area contributed by atoms with Gasteiger partial charge in [0.15, 0.2) is 0 Å². The lowest BCUT2D eigenvalue weighted by atomic mass is 10.1. The second-order valence-corrected chi connectivity index (χ2v) is 2.28. The first-order valence-electron chi connectivity index (χ1n) is 3.32. The monoisotopic (exact) mass is 161 g/mol. The molecule has 4 nitrogen and oxygen atoms in total. The molecule has 0 amide bonds. The van der Waals surface area contributed by atoms with Crippen LogP contribution in [0.2, 0.25) is 0 Å². The Morgan fingerprint density at radius 1 is 1.75 bits per heavy atom. The quantitative estimate of drug-likeness (QED) is 0.380. The summed E-state index contributed by atoms with van der Waals surface area (Å²) in [5.74, 6) is 0. The molecule has 0 spiro atoms. The number of nitriles is 1. The van der Waals surface area contributed by atoms with Crippen molar-refractivity contribution in [3.05, 3.63) is 29.1 Å². The fraction of sp³-hybridized carbons (Fsp3) is 0.125. The van der Waals surface area contributed by atoms with Crippen LogP contribution in [-0.2, 0) is 0 Å². The van der Waals surface area contributed by atoms with Gasteiger partial charge in [0, 0.05) is 6.20 Å². The Morgan fingerprint density at radius 2 is 2.50 bits per heavy atom. The molecule has 60 valence electrons. The zero-order chi connectivity index (χ0) is 8.97. The van der Waals surface area contributed by atoms with Crippen molar-refractivity contribution in [1.29, 1.82) is 5.26 Å². The van der Waals surface area contributed by atoms with Crippen LogP contribution >= 0.6 is 0 Å². The second-order valence-electron chi connectivity index (χ2n) is 2.28. The molecule has 1 aromatic rings. The third kappa shape index (κ3) is 1.58. The van der Waals surface area contributed by atoms with Gasteiger partial charge in [-0.1, -0.05) is 5.16 Å². The minimum Gasteiger partial charge on any atom is -0.411 e. The highest BCUT2D eigenvalue weighted by atomic mass is 16.4. The van der Waals surface area contributed by atoms with Crippen LogP contribution in [0.4, 0.5) is 0 Å². The van der Waals surface area contributed by atoms with Crippen LogP contribution in [0.1, 0.15) is 16.8 Å². The van der Waals surface area contributed by atoms with E-state index in [9.17, 15) is 0 Å². The van der Waals surface area contributed by atoms with Crippen LogP contribution in [0.25, 0.3) is 0 Å². The lowest BCUT2D eigenvalue weighted by molar-refractivity contribution is 0.321. The molecule has 0 atom stereocenters. The van der Waals surface area contributed by atoms with Gasteiger partial charge in [-0.2, -0.15) is 5.26 Å². The second kappa shape index (κ2) is 3.49. The van der Waals surface area contributed by atoms with Crippen LogP contribution in [0, 0.1) is 18.3 Å². The number of aryl methyl sites for hydroxylation is 1. The van der Waals surface area contributed by atoms with Crippen molar-refractivity contribution in [3.63, 3.8) is 0 Å². The van der Waals surface area contributed by atoms with E-state index in [1.165, 1.54) is 12.4 Å². The number of rotatable bonds is 1. The minimum absolute atomic E-state index is 0.532. The summed E-state index contributed by atoms with van der Waals surface area (Å²) in [6.07, 6.45) is 2.67. The van der Waals surface area contributed by atoms with E-state index in [1.54, 1.807) is 13.0 Å². The molecule has 0 bridgehead atoms. The van der Waals surface area contributed by atoms with E-state index >= 15 is 0 Å². The number of nitrogens with zero attached hydrogens (tertiary/aromatic N) is 3. The summed E-state index contributed by atoms with van der Waals surface area (Å²) >= 11 is 0. The first kappa shape index (κ1) is 8.21. The highest BCUT2D eigenvalue weighted by Crippen LogP contribution is 2.04. The van der Waals surface area contributed by atoms with E-state index in [0.717, 1.165) is 5.56 Å². The zero-order valence-corrected chi connectivity index (χ0v) is 6.52. The molecule has 0 aliphatic carbocycles. The summed E-state index contributed by atoms with van der Waals surface area (Å²) in [6.45, 7) is 1.80. The molecular formula is C8H7N3O. The summed E-state index contributed by atoms with van der Waals surface area (Å²) in [7, 11) is 0. The van der Waals surface area contributed by atoms with Gasteiger partial charge in [0.2, 0.25) is 0 Å². The Kier molecular flexibility index (Phi) is 2.38. The van der Waals surface area contributed by atoms with E-state index in [4.69, 9.17) is 10.5 Å². The largest absolute Gasteiger partial charge is 0.411 e. The van der Waals surface area contributed by atoms with Gasteiger partial charge >= 0.3 is 0 Å². The summed E-state index contributed by atoms with van der Waals surface area (Å²) < 4.78 is 0. The van der Waals surface area contributed by atoms with Gasteiger partial charge in [0.05, 0.1) is 17.5 Å². The first-order valence-corrected chi connectivity index (χ1v) is 3.32. The molecule has 1 N–H and O–H groups in total. The van der Waals surface area contributed by atoms with Crippen LogP contribution < -0.4 is 0 Å². The molecule has 4 heteroatoms. The maximum absolute atomic E-state index is 8.57. The van der Waals surface area contributed by atoms with E-state index in [0.29, 0.717) is 11.3 Å². The molecule has 12 heavy (non-hydrogen) atoms. The van der Waals surface area contributed by atoms with Gasteiger partial charge in [-0.15, -0.1) is 0 Å². The number of hydrogen-bond donors (Lipinski definition) is 1. The first-order chi connectivity index (χ1) is 5.77. The van der Waals surface area contributed by atoms with E-state index in [-0.39, 0.29) is 0 Å². The van der Waals surface area contributed by atoms with Crippen LogP contribution in [0.5, 0.6) is 0 Å². The molecule has 1 aromatic heterocycles. The van der Waals surface area contributed by atoms with E-state index < -0.39 is 0 Å². The van der Waals surface area contributed by atoms with Crippen LogP contribution in [0.15, 0.2) is 17.4 Å². The predicted octanol–water partition coefficient (Wildman–Crippen LogP) is 1.07. The smallest absolute Gasteiger partial charge is 0.101 e. The molecule has 1 rings (SSSR count). The molecule has 0 unspecified atom stereocenters. The fourth-order valence-electron chi connectivity index (χ4n) is 0.825. The Hall–Kier alpha value is -1.89. The van der Waals surface area contributed by atoms with E-state index in [2.05, 4.69) is 10.1 Å². The predicted molar refractivity (Wildman–Crippen MR) is 43.1 cm³/mol. The van der Waals surface area contributed by atoms with Crippen molar-refractivity contribution in [2.45, 2.75) is 6.92 Å². The summed E-state index contributed by atoms with van der Waals surface area (Å²) in [5, 5.41) is 19.6. The van der Waals surface area contributed by atoms with Gasteiger partial charge in [-0.25, -0.2) is 0 Å². The highest BCUT2D eigenvalue weighted by molar-refractivity contribution is 5.76. The molecule has 0 saturated carbocycles. The van der Waals surface area contributed by atoms with Gasteiger partial charge in [0.1, 0.15) is 6.07 Å². The number of hydrogen-bond acceptors (Lipinski definition) is 4. The maximum atomic E-state index is 8.57. The molecule has 1 heterocycles. The summed E-state index contributed by atoms with van der Waals surface area (Å²) in [6, 6.07) is 3.67. The van der Waals surface area contributed by atoms with Crippen molar-refractivity contribution in [2.75, 3.05) is 0 Å². The Morgan fingerprint density at radius 3 is 3.00 bits per heavy atom. The van der Waals surface area contributed by atoms with Crippen molar-refractivity contribution >= 4 is 6.21 Å². The van der Waals surface area contributed by atoms with Crippen LogP contribution in [-0.4, -0.2) is 16.4 Å². The highest BCUT2D eigenvalue weighted by Gasteiger charge is 1.97. The molecule has 0 radical (unpaired) electrons. The van der Waals surface area contributed by atoms with Crippen molar-refractivity contribution in [2.24, 2.45) is 5.16 Å². The SMILES string of the molecule is Cc1cc(/C=N/O)ncc1C#N. The summed E-state index contributed by atoms with van der Waals surface area (Å²) in [5.41, 5.74) is 1.89. The van der Waals surface area contributed by atoms with Gasteiger partial charge in [-0.3, -0.25) is 4.98 Å². The lowest BCUT2D eigenvalue weighted by Crippen LogP contribution is -1.91. The zero-order valence-electron chi connectivity index (χ0n) is 6.52. The van der Waals surface area contributed by atoms with Crippen LogP contribution in [0.3, 0.4) is 0 Å². The van der Waals surface area contributed by atoms with Gasteiger partial charge in [-0.05, 0) is 18.6 Å². The molecule has 0 saturated heterocycles. The number of aromatic nitrogens is 1. The topological polar surface area (TPSA) is 69.3 Å². The maximum Gasteiger partial charge on any atom is 0.101 e. The molecule has 0 aromatic carbocycles. The molecule has 0 fully saturated rings.